The molecule has 23 heavy (non-hydrogen) atoms. The van der Waals surface area contributed by atoms with Gasteiger partial charge in [0.05, 0.1) is 13.1 Å². The van der Waals surface area contributed by atoms with Gasteiger partial charge in [0.15, 0.2) is 5.82 Å². The normalized spacial score (nSPS) is 16.0. The summed E-state index contributed by atoms with van der Waals surface area (Å²) in [6.07, 6.45) is 5.24. The van der Waals surface area contributed by atoms with Crippen molar-refractivity contribution in [3.8, 4) is 0 Å². The fourth-order valence-electron chi connectivity index (χ4n) is 2.97. The molecule has 0 saturated carbocycles. The zero-order valence-electron chi connectivity index (χ0n) is 13.7. The van der Waals surface area contributed by atoms with Gasteiger partial charge < -0.3 is 16.0 Å². The predicted octanol–water partition coefficient (Wildman–Crippen LogP) is 1.46. The average molecular weight is 313 g/mol. The second-order valence-electron chi connectivity index (χ2n) is 6.27. The molecule has 1 aromatic carbocycles. The number of hydrogen-bond donors (Lipinski definition) is 3. The highest BCUT2D eigenvalue weighted by Gasteiger charge is 2.15. The number of benzene rings is 1. The van der Waals surface area contributed by atoms with E-state index in [1.54, 1.807) is 0 Å². The van der Waals surface area contributed by atoms with E-state index in [0.29, 0.717) is 5.95 Å². The van der Waals surface area contributed by atoms with Gasteiger partial charge in [0.1, 0.15) is 6.54 Å². The molecule has 4 N–H and O–H groups in total. The van der Waals surface area contributed by atoms with Gasteiger partial charge in [-0.25, -0.2) is 0 Å². The molecule has 2 heterocycles. The maximum absolute atomic E-state index is 5.86. The van der Waals surface area contributed by atoms with E-state index in [0.717, 1.165) is 18.1 Å². The second-order valence-corrected chi connectivity index (χ2v) is 6.27. The smallest absolute Gasteiger partial charge is 0.232 e. The van der Waals surface area contributed by atoms with Crippen LogP contribution in [0.2, 0.25) is 0 Å². The summed E-state index contributed by atoms with van der Waals surface area (Å²) in [7, 11) is 0. The van der Waals surface area contributed by atoms with Crippen molar-refractivity contribution < 1.29 is 4.90 Å². The van der Waals surface area contributed by atoms with Gasteiger partial charge in [0.2, 0.25) is 11.9 Å². The Morgan fingerprint density at radius 2 is 1.70 bits per heavy atom. The molecule has 0 amide bonds. The number of nitrogens with one attached hydrogen (secondary N) is 2. The summed E-state index contributed by atoms with van der Waals surface area (Å²) in [5.41, 5.74) is 8.03. The first-order valence-electron chi connectivity index (χ1n) is 8.37. The molecule has 6 nitrogen and oxygen atoms in total. The Kier molecular flexibility index (Phi) is 5.02. The zero-order valence-corrected chi connectivity index (χ0v) is 13.7. The summed E-state index contributed by atoms with van der Waals surface area (Å²) in [5.74, 6) is 1.56. The number of aryl methyl sites for hydroxylation is 1. The quantitative estimate of drug-likeness (QED) is 0.796. The van der Waals surface area contributed by atoms with Crippen LogP contribution in [-0.2, 0) is 6.54 Å². The van der Waals surface area contributed by atoms with E-state index in [4.69, 9.17) is 5.73 Å². The summed E-state index contributed by atoms with van der Waals surface area (Å²) in [6.45, 7) is 5.25. The molecule has 0 aliphatic carbocycles. The standard InChI is InChI=1S/C17H24N6/c1-13-6-8-14(9-7-13)19-17-21-15(20-16(18)22-17)12-23-10-4-2-3-5-11-23/h6-9H,2-5,10-12H2,1H3,(H3,18,19,20,21,22)/p+1. The highest BCUT2D eigenvalue weighted by Crippen LogP contribution is 2.14. The molecule has 0 unspecified atom stereocenters. The van der Waals surface area contributed by atoms with Crippen LogP contribution in [0.1, 0.15) is 37.1 Å². The van der Waals surface area contributed by atoms with Crippen molar-refractivity contribution in [2.24, 2.45) is 0 Å². The topological polar surface area (TPSA) is 81.2 Å². The van der Waals surface area contributed by atoms with E-state index in [1.807, 2.05) is 12.1 Å². The van der Waals surface area contributed by atoms with Gasteiger partial charge in [0, 0.05) is 5.69 Å². The first-order valence-corrected chi connectivity index (χ1v) is 8.37. The Hall–Kier alpha value is -2.21. The van der Waals surface area contributed by atoms with Crippen molar-refractivity contribution >= 4 is 17.6 Å². The molecule has 122 valence electrons. The molecule has 1 fully saturated rings. The number of anilines is 3. The SMILES string of the molecule is Cc1ccc(Nc2nc(N)nc(C[NH+]3CCCCCC3)n2)cc1. The summed E-state index contributed by atoms with van der Waals surface area (Å²) in [4.78, 5) is 14.6. The van der Waals surface area contributed by atoms with Crippen LogP contribution in [0.4, 0.5) is 17.6 Å². The molecule has 1 saturated heterocycles. The summed E-state index contributed by atoms with van der Waals surface area (Å²) in [5, 5.41) is 3.21. The number of likely N-dealkylation sites (tertiary alicyclic amines) is 1. The summed E-state index contributed by atoms with van der Waals surface area (Å²) >= 11 is 0. The Bertz CT molecular complexity index is 632. The van der Waals surface area contributed by atoms with Crippen LogP contribution >= 0.6 is 0 Å². The Morgan fingerprint density at radius 3 is 2.39 bits per heavy atom. The second kappa shape index (κ2) is 7.37. The van der Waals surface area contributed by atoms with Crippen LogP contribution in [-0.4, -0.2) is 28.0 Å². The Morgan fingerprint density at radius 1 is 1.00 bits per heavy atom. The number of nitrogens with two attached hydrogens (primary N) is 1. The van der Waals surface area contributed by atoms with Crippen LogP contribution in [0, 0.1) is 6.92 Å². The van der Waals surface area contributed by atoms with Gasteiger partial charge in [-0.2, -0.15) is 15.0 Å². The maximum atomic E-state index is 5.86. The van der Waals surface area contributed by atoms with Crippen molar-refractivity contribution in [2.45, 2.75) is 39.2 Å². The molecule has 0 spiro atoms. The lowest BCUT2D eigenvalue weighted by atomic mass is 10.2. The molecule has 1 aliphatic rings. The van der Waals surface area contributed by atoms with Crippen LogP contribution in [0.5, 0.6) is 0 Å². The molecule has 0 atom stereocenters. The number of rotatable bonds is 4. The van der Waals surface area contributed by atoms with E-state index in [-0.39, 0.29) is 5.95 Å². The maximum Gasteiger partial charge on any atom is 0.232 e. The highest BCUT2D eigenvalue weighted by molar-refractivity contribution is 5.54. The molecule has 0 bridgehead atoms. The van der Waals surface area contributed by atoms with E-state index in [9.17, 15) is 0 Å². The molecular formula is C17H25N6+. The molecule has 3 rings (SSSR count). The lowest BCUT2D eigenvalue weighted by molar-refractivity contribution is -0.913. The predicted molar refractivity (Wildman–Crippen MR) is 91.6 cm³/mol. The Labute approximate surface area is 137 Å². The van der Waals surface area contributed by atoms with Gasteiger partial charge in [-0.15, -0.1) is 0 Å². The number of nitrogens with zero attached hydrogens (tertiary/aromatic N) is 3. The lowest BCUT2D eigenvalue weighted by Crippen LogP contribution is -3.10. The molecule has 2 aromatic rings. The lowest BCUT2D eigenvalue weighted by Gasteiger charge is -2.16. The fourth-order valence-corrected chi connectivity index (χ4v) is 2.97. The van der Waals surface area contributed by atoms with Crippen LogP contribution in [0.15, 0.2) is 24.3 Å². The monoisotopic (exact) mass is 313 g/mol. The molecule has 1 aromatic heterocycles. The summed E-state index contributed by atoms with van der Waals surface area (Å²) in [6, 6.07) is 8.12. The minimum Gasteiger partial charge on any atom is -0.368 e. The average Bonchev–Trinajstić information content (AvgIpc) is 2.78. The molecular weight excluding hydrogens is 288 g/mol. The van der Waals surface area contributed by atoms with Gasteiger partial charge in [-0.05, 0) is 44.7 Å². The van der Waals surface area contributed by atoms with Crippen molar-refractivity contribution in [3.63, 3.8) is 0 Å². The first-order chi connectivity index (χ1) is 11.2. The first kappa shape index (κ1) is 15.7. The van der Waals surface area contributed by atoms with Gasteiger partial charge >= 0.3 is 0 Å². The van der Waals surface area contributed by atoms with E-state index < -0.39 is 0 Å². The van der Waals surface area contributed by atoms with E-state index in [2.05, 4.69) is 39.3 Å². The van der Waals surface area contributed by atoms with Crippen molar-refractivity contribution in [1.29, 1.82) is 0 Å². The minimum absolute atomic E-state index is 0.277. The van der Waals surface area contributed by atoms with E-state index in [1.165, 1.54) is 49.2 Å². The number of aromatic nitrogens is 3. The number of quaternary nitrogens is 1. The number of hydrogen-bond acceptors (Lipinski definition) is 5. The van der Waals surface area contributed by atoms with Crippen LogP contribution in [0.25, 0.3) is 0 Å². The highest BCUT2D eigenvalue weighted by atomic mass is 15.2. The fraction of sp³-hybridized carbons (Fsp3) is 0.471. The molecule has 1 aliphatic heterocycles. The third-order valence-corrected chi connectivity index (χ3v) is 4.23. The summed E-state index contributed by atoms with van der Waals surface area (Å²) < 4.78 is 0. The van der Waals surface area contributed by atoms with Gasteiger partial charge in [0.25, 0.3) is 0 Å². The third-order valence-electron chi connectivity index (χ3n) is 4.23. The van der Waals surface area contributed by atoms with Crippen molar-refractivity contribution in [1.82, 2.24) is 15.0 Å². The molecule has 6 heteroatoms. The third kappa shape index (κ3) is 4.63. The largest absolute Gasteiger partial charge is 0.368 e. The van der Waals surface area contributed by atoms with Crippen LogP contribution in [0.3, 0.4) is 0 Å². The zero-order chi connectivity index (χ0) is 16.1. The minimum atomic E-state index is 0.277. The van der Waals surface area contributed by atoms with Gasteiger partial charge in [-0.3, -0.25) is 0 Å². The van der Waals surface area contributed by atoms with E-state index >= 15 is 0 Å². The van der Waals surface area contributed by atoms with Gasteiger partial charge in [-0.1, -0.05) is 17.7 Å². The molecule has 0 radical (unpaired) electrons. The Balaban J connectivity index is 1.71. The van der Waals surface area contributed by atoms with Crippen molar-refractivity contribution in [2.75, 3.05) is 24.1 Å². The number of nitrogen functional groups attached to an aromatic ring is 1. The van der Waals surface area contributed by atoms with Crippen LogP contribution < -0.4 is 16.0 Å². The van der Waals surface area contributed by atoms with Crippen molar-refractivity contribution in [3.05, 3.63) is 35.7 Å².